The molecule has 0 saturated heterocycles. The molecule has 0 unspecified atom stereocenters. The second kappa shape index (κ2) is 6.03. The standard InChI is InChI=1S/C15H26N4O2/c1-5-15(8-6-7-9-15)10-16-14-13(19(20)21)12(11(2)3)17-18(14)4/h11,16H,5-10H2,1-4H3. The number of anilines is 1. The van der Waals surface area contributed by atoms with Crippen LogP contribution in [0.1, 0.15) is 64.5 Å². The van der Waals surface area contributed by atoms with E-state index in [2.05, 4.69) is 17.3 Å². The molecule has 0 atom stereocenters. The molecule has 1 aliphatic rings. The maximum atomic E-state index is 11.4. The molecule has 1 aliphatic carbocycles. The first-order chi connectivity index (χ1) is 9.90. The molecule has 1 aromatic rings. The van der Waals surface area contributed by atoms with E-state index in [1.807, 2.05) is 13.8 Å². The van der Waals surface area contributed by atoms with Gasteiger partial charge in [0, 0.05) is 19.5 Å². The maximum absolute atomic E-state index is 11.4. The van der Waals surface area contributed by atoms with Gasteiger partial charge >= 0.3 is 5.69 Å². The van der Waals surface area contributed by atoms with Crippen LogP contribution in [0.25, 0.3) is 0 Å². The van der Waals surface area contributed by atoms with Crippen molar-refractivity contribution in [3.8, 4) is 0 Å². The molecular weight excluding hydrogens is 268 g/mol. The van der Waals surface area contributed by atoms with Gasteiger partial charge in [0.2, 0.25) is 5.82 Å². The summed E-state index contributed by atoms with van der Waals surface area (Å²) in [6.45, 7) is 6.87. The summed E-state index contributed by atoms with van der Waals surface area (Å²) in [7, 11) is 1.77. The van der Waals surface area contributed by atoms with Gasteiger partial charge in [-0.15, -0.1) is 0 Å². The zero-order valence-corrected chi connectivity index (χ0v) is 13.5. The largest absolute Gasteiger partial charge is 0.364 e. The average Bonchev–Trinajstić information content (AvgIpc) is 3.01. The summed E-state index contributed by atoms with van der Waals surface area (Å²) >= 11 is 0. The molecule has 0 aliphatic heterocycles. The van der Waals surface area contributed by atoms with E-state index in [1.54, 1.807) is 11.7 Å². The minimum Gasteiger partial charge on any atom is -0.364 e. The van der Waals surface area contributed by atoms with Gasteiger partial charge in [-0.25, -0.2) is 4.68 Å². The lowest BCUT2D eigenvalue weighted by atomic mass is 9.83. The Morgan fingerprint density at radius 3 is 2.52 bits per heavy atom. The third-order valence-corrected chi connectivity index (χ3v) is 4.82. The first kappa shape index (κ1) is 15.8. The zero-order chi connectivity index (χ0) is 15.6. The van der Waals surface area contributed by atoms with E-state index in [9.17, 15) is 10.1 Å². The van der Waals surface area contributed by atoms with Crippen molar-refractivity contribution < 1.29 is 4.92 Å². The van der Waals surface area contributed by atoms with Crippen molar-refractivity contribution in [2.75, 3.05) is 11.9 Å². The van der Waals surface area contributed by atoms with Gasteiger partial charge in [0.05, 0.1) is 4.92 Å². The van der Waals surface area contributed by atoms with Crippen molar-refractivity contribution in [3.05, 3.63) is 15.8 Å². The first-order valence-corrected chi connectivity index (χ1v) is 7.85. The van der Waals surface area contributed by atoms with Crippen LogP contribution >= 0.6 is 0 Å². The minimum atomic E-state index is -0.308. The number of aryl methyl sites for hydroxylation is 1. The Balaban J connectivity index is 2.25. The number of hydrogen-bond acceptors (Lipinski definition) is 4. The van der Waals surface area contributed by atoms with Crippen molar-refractivity contribution >= 4 is 11.5 Å². The summed E-state index contributed by atoms with van der Waals surface area (Å²) in [5, 5.41) is 19.1. The topological polar surface area (TPSA) is 73.0 Å². The fourth-order valence-corrected chi connectivity index (χ4v) is 3.35. The Hall–Kier alpha value is -1.59. The highest BCUT2D eigenvalue weighted by Crippen LogP contribution is 2.42. The van der Waals surface area contributed by atoms with E-state index in [0.29, 0.717) is 11.5 Å². The second-order valence-corrected chi connectivity index (χ2v) is 6.53. The molecule has 6 nitrogen and oxygen atoms in total. The molecule has 1 aromatic heterocycles. The molecule has 0 bridgehead atoms. The van der Waals surface area contributed by atoms with Gasteiger partial charge < -0.3 is 5.32 Å². The Morgan fingerprint density at radius 1 is 1.43 bits per heavy atom. The van der Waals surface area contributed by atoms with Gasteiger partial charge in [0.1, 0.15) is 5.69 Å². The Bertz CT molecular complexity index is 516. The van der Waals surface area contributed by atoms with Crippen LogP contribution in [0.2, 0.25) is 0 Å². The zero-order valence-electron chi connectivity index (χ0n) is 13.5. The summed E-state index contributed by atoms with van der Waals surface area (Å²) in [4.78, 5) is 11.1. The molecule has 6 heteroatoms. The van der Waals surface area contributed by atoms with Crippen molar-refractivity contribution in [3.63, 3.8) is 0 Å². The quantitative estimate of drug-likeness (QED) is 0.639. The minimum absolute atomic E-state index is 0.0405. The van der Waals surface area contributed by atoms with Crippen molar-refractivity contribution in [1.29, 1.82) is 0 Å². The number of nitrogens with zero attached hydrogens (tertiary/aromatic N) is 3. The van der Waals surface area contributed by atoms with Gasteiger partial charge in [0.15, 0.2) is 0 Å². The summed E-state index contributed by atoms with van der Waals surface area (Å²) in [5.41, 5.74) is 0.981. The van der Waals surface area contributed by atoms with Crippen molar-refractivity contribution in [2.45, 2.75) is 58.8 Å². The number of aromatic nitrogens is 2. The predicted octanol–water partition coefficient (Wildman–Crippen LogP) is 3.83. The third-order valence-electron chi connectivity index (χ3n) is 4.82. The molecule has 21 heavy (non-hydrogen) atoms. The SMILES string of the molecule is CCC1(CNc2c([N+](=O)[O-])c(C(C)C)nn2C)CCCC1. The Labute approximate surface area is 126 Å². The molecule has 0 amide bonds. The molecule has 1 fully saturated rings. The number of hydrogen-bond donors (Lipinski definition) is 1. The smallest absolute Gasteiger partial charge is 0.334 e. The average molecular weight is 294 g/mol. The molecule has 118 valence electrons. The van der Waals surface area contributed by atoms with Crippen LogP contribution in [-0.2, 0) is 7.05 Å². The predicted molar refractivity (Wildman–Crippen MR) is 83.6 cm³/mol. The van der Waals surface area contributed by atoms with Crippen LogP contribution in [0.4, 0.5) is 11.5 Å². The lowest BCUT2D eigenvalue weighted by Gasteiger charge is -2.27. The summed E-state index contributed by atoms with van der Waals surface area (Å²) in [6.07, 6.45) is 6.06. The maximum Gasteiger partial charge on any atom is 0.334 e. The number of nitro groups is 1. The van der Waals surface area contributed by atoms with Crippen LogP contribution in [0, 0.1) is 15.5 Å². The Morgan fingerprint density at radius 2 is 2.05 bits per heavy atom. The van der Waals surface area contributed by atoms with Crippen LogP contribution in [0.15, 0.2) is 0 Å². The number of rotatable bonds is 6. The fraction of sp³-hybridized carbons (Fsp3) is 0.800. The van der Waals surface area contributed by atoms with Crippen molar-refractivity contribution in [2.24, 2.45) is 12.5 Å². The fourth-order valence-electron chi connectivity index (χ4n) is 3.35. The third kappa shape index (κ3) is 3.04. The molecule has 0 aromatic carbocycles. The van der Waals surface area contributed by atoms with Gasteiger partial charge in [-0.2, -0.15) is 5.10 Å². The van der Waals surface area contributed by atoms with E-state index in [4.69, 9.17) is 0 Å². The lowest BCUT2D eigenvalue weighted by molar-refractivity contribution is -0.384. The number of nitrogens with one attached hydrogen (secondary N) is 1. The molecule has 2 rings (SSSR count). The first-order valence-electron chi connectivity index (χ1n) is 7.85. The highest BCUT2D eigenvalue weighted by atomic mass is 16.6. The summed E-state index contributed by atoms with van der Waals surface area (Å²) in [5.74, 6) is 0.585. The van der Waals surface area contributed by atoms with Crippen molar-refractivity contribution in [1.82, 2.24) is 9.78 Å². The van der Waals surface area contributed by atoms with E-state index < -0.39 is 0 Å². The Kier molecular flexibility index (Phi) is 4.54. The van der Waals surface area contributed by atoms with Crippen LogP contribution in [0.5, 0.6) is 0 Å². The van der Waals surface area contributed by atoms with Gasteiger partial charge in [-0.1, -0.05) is 33.6 Å². The van der Waals surface area contributed by atoms with E-state index in [1.165, 1.54) is 25.7 Å². The molecule has 1 saturated carbocycles. The molecular formula is C15H26N4O2. The van der Waals surface area contributed by atoms with Crippen LogP contribution < -0.4 is 5.32 Å². The van der Waals surface area contributed by atoms with Gasteiger partial charge in [-0.05, 0) is 24.7 Å². The summed E-state index contributed by atoms with van der Waals surface area (Å²) in [6, 6.07) is 0. The monoisotopic (exact) mass is 294 g/mol. The van der Waals surface area contributed by atoms with Crippen LogP contribution in [-0.4, -0.2) is 21.2 Å². The molecule has 0 radical (unpaired) electrons. The highest BCUT2D eigenvalue weighted by molar-refractivity contribution is 5.60. The van der Waals surface area contributed by atoms with Gasteiger partial charge in [-0.3, -0.25) is 10.1 Å². The molecule has 1 heterocycles. The normalized spacial score (nSPS) is 17.4. The second-order valence-electron chi connectivity index (χ2n) is 6.53. The van der Waals surface area contributed by atoms with E-state index in [-0.39, 0.29) is 21.9 Å². The highest BCUT2D eigenvalue weighted by Gasteiger charge is 2.34. The molecule has 0 spiro atoms. The van der Waals surface area contributed by atoms with E-state index >= 15 is 0 Å². The van der Waals surface area contributed by atoms with Gasteiger partial charge in [0.25, 0.3) is 0 Å². The summed E-state index contributed by atoms with van der Waals surface area (Å²) < 4.78 is 1.62. The lowest BCUT2D eigenvalue weighted by Crippen LogP contribution is -2.26. The van der Waals surface area contributed by atoms with E-state index in [0.717, 1.165) is 13.0 Å². The van der Waals surface area contributed by atoms with Crippen LogP contribution in [0.3, 0.4) is 0 Å². The molecule has 1 N–H and O–H groups in total.